The summed E-state index contributed by atoms with van der Waals surface area (Å²) in [6, 6.07) is 0. The van der Waals surface area contributed by atoms with E-state index in [1.165, 1.54) is 38.5 Å². The van der Waals surface area contributed by atoms with Crippen molar-refractivity contribution in [1.82, 2.24) is 0 Å². The van der Waals surface area contributed by atoms with E-state index in [4.69, 9.17) is 0 Å². The Kier molecular flexibility index (Phi) is 2.76. The number of hydrogen-bond donors (Lipinski definition) is 0. The number of allylic oxidation sites excluding steroid dienone is 2. The van der Waals surface area contributed by atoms with Crippen molar-refractivity contribution in [1.29, 1.82) is 0 Å². The van der Waals surface area contributed by atoms with Crippen molar-refractivity contribution in [3.8, 4) is 0 Å². The molecule has 20 heavy (non-hydrogen) atoms. The van der Waals surface area contributed by atoms with E-state index in [0.717, 1.165) is 30.6 Å². The molecule has 1 heteroatoms. The molecule has 4 aliphatic rings. The van der Waals surface area contributed by atoms with Crippen LogP contribution in [-0.2, 0) is 4.79 Å². The number of carbonyl (C=O) groups is 1. The minimum atomic E-state index is 0.473. The maximum absolute atomic E-state index is 11.8. The molecule has 3 unspecified atom stereocenters. The van der Waals surface area contributed by atoms with Gasteiger partial charge in [-0.15, -0.1) is 0 Å². The molecule has 0 aromatic rings. The van der Waals surface area contributed by atoms with Gasteiger partial charge in [0.2, 0.25) is 0 Å². The molecule has 4 rings (SSSR count). The molecule has 0 bridgehead atoms. The van der Waals surface area contributed by atoms with Crippen molar-refractivity contribution < 1.29 is 4.79 Å². The minimum absolute atomic E-state index is 0.473. The van der Waals surface area contributed by atoms with Crippen LogP contribution in [0.3, 0.4) is 0 Å². The van der Waals surface area contributed by atoms with Gasteiger partial charge in [-0.3, -0.25) is 4.79 Å². The fraction of sp³-hybridized carbons (Fsp3) is 0.842. The maximum atomic E-state index is 11.8. The number of fused-ring (bicyclic) bond motifs is 5. The number of hydrogen-bond acceptors (Lipinski definition) is 1. The van der Waals surface area contributed by atoms with E-state index in [1.54, 1.807) is 0 Å². The molecule has 6 atom stereocenters. The average Bonchev–Trinajstić information content (AvgIpc) is 2.81. The number of ketones is 1. The molecule has 0 aliphatic heterocycles. The van der Waals surface area contributed by atoms with Gasteiger partial charge in [0.15, 0.2) is 0 Å². The van der Waals surface area contributed by atoms with Crippen molar-refractivity contribution >= 4 is 5.78 Å². The first-order valence-electron chi connectivity index (χ1n) is 8.72. The Hall–Kier alpha value is -0.590. The van der Waals surface area contributed by atoms with Crippen molar-refractivity contribution in [3.63, 3.8) is 0 Å². The second-order valence-electron chi connectivity index (χ2n) is 8.58. The number of rotatable bonds is 0. The van der Waals surface area contributed by atoms with Gasteiger partial charge < -0.3 is 0 Å². The van der Waals surface area contributed by atoms with Crippen LogP contribution in [0.5, 0.6) is 0 Å². The molecule has 0 radical (unpaired) electrons. The van der Waals surface area contributed by atoms with E-state index in [-0.39, 0.29) is 0 Å². The van der Waals surface area contributed by atoms with Gasteiger partial charge in [-0.1, -0.05) is 26.0 Å². The first kappa shape index (κ1) is 13.1. The van der Waals surface area contributed by atoms with E-state index in [1.807, 2.05) is 0 Å². The number of carbonyl (C=O) groups excluding carboxylic acids is 1. The molecule has 1 nitrogen and oxygen atoms in total. The maximum Gasteiger partial charge on any atom is 0.133 e. The highest BCUT2D eigenvalue weighted by atomic mass is 16.1. The Morgan fingerprint density at radius 2 is 1.95 bits per heavy atom. The summed E-state index contributed by atoms with van der Waals surface area (Å²) in [6.07, 6.45) is 14.7. The van der Waals surface area contributed by atoms with Crippen LogP contribution in [0.1, 0.15) is 65.2 Å². The standard InChI is InChI=1S/C19H28O/c1-18-9-3-4-16(18)15-6-5-13-12-14(20)7-11-19(13,2)17(15)8-10-18/h3,9,13,15-17H,4-8,10-12H2,1-2H3/t13-,15?,16?,17?,18+,19+/m1/s1. The summed E-state index contributed by atoms with van der Waals surface area (Å²) in [5, 5.41) is 0. The normalized spacial score (nSPS) is 54.2. The van der Waals surface area contributed by atoms with Gasteiger partial charge >= 0.3 is 0 Å². The summed E-state index contributed by atoms with van der Waals surface area (Å²) in [4.78, 5) is 11.8. The Bertz CT molecular complexity index is 464. The zero-order chi connectivity index (χ0) is 14.0. The lowest BCUT2D eigenvalue weighted by Gasteiger charge is -2.59. The molecular formula is C19H28O. The lowest BCUT2D eigenvalue weighted by atomic mass is 9.45. The minimum Gasteiger partial charge on any atom is -0.300 e. The van der Waals surface area contributed by atoms with Gasteiger partial charge in [0.25, 0.3) is 0 Å². The lowest BCUT2D eigenvalue weighted by molar-refractivity contribution is -0.136. The highest BCUT2D eigenvalue weighted by molar-refractivity contribution is 5.79. The fourth-order valence-electron chi connectivity index (χ4n) is 6.53. The molecule has 0 saturated heterocycles. The van der Waals surface area contributed by atoms with Crippen LogP contribution in [0, 0.1) is 34.5 Å². The molecule has 0 amide bonds. The zero-order valence-electron chi connectivity index (χ0n) is 13.0. The van der Waals surface area contributed by atoms with E-state index < -0.39 is 0 Å². The molecule has 0 aromatic heterocycles. The van der Waals surface area contributed by atoms with Gasteiger partial charge in [0.05, 0.1) is 0 Å². The molecule has 0 N–H and O–H groups in total. The SMILES string of the molecule is C[C@@]12C=CCC1C1CC[C@@H]3CC(=O)CC[C@]3(C)C1CC2. The summed E-state index contributed by atoms with van der Waals surface area (Å²) in [5.41, 5.74) is 0.968. The predicted molar refractivity (Wildman–Crippen MR) is 81.3 cm³/mol. The average molecular weight is 272 g/mol. The van der Waals surface area contributed by atoms with Crippen LogP contribution >= 0.6 is 0 Å². The van der Waals surface area contributed by atoms with E-state index in [2.05, 4.69) is 26.0 Å². The highest BCUT2D eigenvalue weighted by Crippen LogP contribution is 2.64. The van der Waals surface area contributed by atoms with E-state index >= 15 is 0 Å². The van der Waals surface area contributed by atoms with Crippen LogP contribution in [0.25, 0.3) is 0 Å². The molecule has 3 saturated carbocycles. The molecule has 4 aliphatic carbocycles. The van der Waals surface area contributed by atoms with Crippen LogP contribution in [0.15, 0.2) is 12.2 Å². The Morgan fingerprint density at radius 1 is 1.10 bits per heavy atom. The van der Waals surface area contributed by atoms with Crippen molar-refractivity contribution in [2.24, 2.45) is 34.5 Å². The summed E-state index contributed by atoms with van der Waals surface area (Å²) in [7, 11) is 0. The third-order valence-corrected chi connectivity index (χ3v) is 7.81. The Balaban J connectivity index is 1.64. The van der Waals surface area contributed by atoms with Gasteiger partial charge in [0, 0.05) is 12.8 Å². The Morgan fingerprint density at radius 3 is 2.80 bits per heavy atom. The van der Waals surface area contributed by atoms with Gasteiger partial charge in [0.1, 0.15) is 5.78 Å². The largest absolute Gasteiger partial charge is 0.300 e. The first-order chi connectivity index (χ1) is 9.53. The quantitative estimate of drug-likeness (QED) is 0.581. The third kappa shape index (κ3) is 1.64. The Labute approximate surface area is 123 Å². The third-order valence-electron chi connectivity index (χ3n) is 7.81. The van der Waals surface area contributed by atoms with Crippen LogP contribution < -0.4 is 0 Å². The summed E-state index contributed by atoms with van der Waals surface area (Å²) in [5.74, 6) is 3.96. The van der Waals surface area contributed by atoms with Crippen molar-refractivity contribution in [2.75, 3.05) is 0 Å². The van der Waals surface area contributed by atoms with Crippen molar-refractivity contribution in [2.45, 2.75) is 65.2 Å². The molecule has 3 fully saturated rings. The second-order valence-corrected chi connectivity index (χ2v) is 8.58. The summed E-state index contributed by atoms with van der Waals surface area (Å²) >= 11 is 0. The number of Topliss-reactive ketones (excluding diaryl/α,β-unsaturated/α-hetero) is 1. The smallest absolute Gasteiger partial charge is 0.133 e. The topological polar surface area (TPSA) is 17.1 Å². The van der Waals surface area contributed by atoms with Gasteiger partial charge in [-0.05, 0) is 73.0 Å². The fourth-order valence-corrected chi connectivity index (χ4v) is 6.53. The summed E-state index contributed by atoms with van der Waals surface area (Å²) in [6.45, 7) is 5.03. The van der Waals surface area contributed by atoms with Crippen LogP contribution in [0.2, 0.25) is 0 Å². The summed E-state index contributed by atoms with van der Waals surface area (Å²) < 4.78 is 0. The zero-order valence-corrected chi connectivity index (χ0v) is 13.0. The molecule has 0 heterocycles. The lowest BCUT2D eigenvalue weighted by Crippen LogP contribution is -2.52. The predicted octanol–water partition coefficient (Wildman–Crippen LogP) is 4.76. The van der Waals surface area contributed by atoms with Crippen LogP contribution in [0.4, 0.5) is 0 Å². The van der Waals surface area contributed by atoms with Gasteiger partial charge in [-0.25, -0.2) is 0 Å². The molecular weight excluding hydrogens is 244 g/mol. The van der Waals surface area contributed by atoms with E-state index in [9.17, 15) is 4.79 Å². The molecule has 110 valence electrons. The van der Waals surface area contributed by atoms with Crippen LogP contribution in [-0.4, -0.2) is 5.78 Å². The molecule has 0 aromatic carbocycles. The second kappa shape index (κ2) is 4.21. The highest BCUT2D eigenvalue weighted by Gasteiger charge is 2.56. The molecule has 0 spiro atoms. The monoisotopic (exact) mass is 272 g/mol. The van der Waals surface area contributed by atoms with Gasteiger partial charge in [-0.2, -0.15) is 0 Å². The van der Waals surface area contributed by atoms with Crippen molar-refractivity contribution in [3.05, 3.63) is 12.2 Å². The van der Waals surface area contributed by atoms with E-state index in [0.29, 0.717) is 22.5 Å². The first-order valence-corrected chi connectivity index (χ1v) is 8.72.